The number of aromatic nitrogens is 2. The maximum atomic E-state index is 14.1. The molecule has 0 unspecified atom stereocenters. The SMILES string of the molecule is CCN(CC)CCN(Cc1ccc(-c2ccc(C(F)(F)F)cc2)cc1)C(=O)Cn1c(CCc2ccc(F)c(F)c2)nc(=O)c2ccccc21. The minimum atomic E-state index is -4.41. The molecule has 1 amide bonds. The molecule has 0 atom stereocenters. The first-order valence-electron chi connectivity index (χ1n) is 16.2. The predicted molar refractivity (Wildman–Crippen MR) is 180 cm³/mol. The summed E-state index contributed by atoms with van der Waals surface area (Å²) < 4.78 is 68.2. The zero-order valence-corrected chi connectivity index (χ0v) is 27.3. The molecule has 0 aliphatic rings. The molecule has 0 spiro atoms. The normalized spacial score (nSPS) is 11.8. The van der Waals surface area contributed by atoms with E-state index in [1.54, 1.807) is 33.7 Å². The first kappa shape index (κ1) is 35.4. The van der Waals surface area contributed by atoms with E-state index in [0.717, 1.165) is 48.5 Å². The van der Waals surface area contributed by atoms with Gasteiger partial charge in [-0.1, -0.05) is 68.4 Å². The van der Waals surface area contributed by atoms with E-state index in [-0.39, 0.29) is 31.8 Å². The molecular weight excluding hydrogens is 639 g/mol. The van der Waals surface area contributed by atoms with Crippen LogP contribution in [0.1, 0.15) is 36.4 Å². The summed E-state index contributed by atoms with van der Waals surface area (Å²) in [6, 6.07) is 22.9. The summed E-state index contributed by atoms with van der Waals surface area (Å²) in [7, 11) is 0. The lowest BCUT2D eigenvalue weighted by atomic mass is 10.0. The Kier molecular flexibility index (Phi) is 11.2. The number of rotatable bonds is 13. The van der Waals surface area contributed by atoms with Crippen LogP contribution in [0.4, 0.5) is 22.0 Å². The predicted octanol–water partition coefficient (Wildman–Crippen LogP) is 7.52. The van der Waals surface area contributed by atoms with E-state index in [1.807, 2.05) is 38.1 Å². The number of benzene rings is 4. The molecule has 4 aromatic carbocycles. The van der Waals surface area contributed by atoms with E-state index in [4.69, 9.17) is 0 Å². The fourth-order valence-corrected chi connectivity index (χ4v) is 5.79. The van der Waals surface area contributed by atoms with Crippen molar-refractivity contribution in [1.29, 1.82) is 0 Å². The average molecular weight is 677 g/mol. The van der Waals surface area contributed by atoms with Crippen LogP contribution in [-0.4, -0.2) is 51.4 Å². The number of fused-ring (bicyclic) bond motifs is 1. The molecule has 1 heterocycles. The molecule has 0 N–H and O–H groups in total. The molecule has 256 valence electrons. The second-order valence-electron chi connectivity index (χ2n) is 11.8. The van der Waals surface area contributed by atoms with Gasteiger partial charge in [-0.25, -0.2) is 8.78 Å². The number of hydrogen-bond donors (Lipinski definition) is 0. The number of para-hydroxylation sites is 1. The van der Waals surface area contributed by atoms with Crippen LogP contribution in [0.2, 0.25) is 0 Å². The molecule has 0 bridgehead atoms. The van der Waals surface area contributed by atoms with Crippen molar-refractivity contribution in [2.45, 2.75) is 46.0 Å². The second kappa shape index (κ2) is 15.5. The highest BCUT2D eigenvalue weighted by Gasteiger charge is 2.30. The number of alkyl halides is 3. The highest BCUT2D eigenvalue weighted by molar-refractivity contribution is 5.82. The Balaban J connectivity index is 1.41. The molecule has 5 rings (SSSR count). The van der Waals surface area contributed by atoms with Crippen LogP contribution >= 0.6 is 0 Å². The molecular formula is C38H37F5N4O2. The third-order valence-corrected chi connectivity index (χ3v) is 8.69. The van der Waals surface area contributed by atoms with E-state index in [0.29, 0.717) is 40.9 Å². The second-order valence-corrected chi connectivity index (χ2v) is 11.8. The van der Waals surface area contributed by atoms with Gasteiger partial charge in [0.2, 0.25) is 5.91 Å². The Morgan fingerprint density at radius 3 is 2.04 bits per heavy atom. The summed E-state index contributed by atoms with van der Waals surface area (Å²) in [6.07, 6.45) is -3.93. The highest BCUT2D eigenvalue weighted by Crippen LogP contribution is 2.31. The highest BCUT2D eigenvalue weighted by atomic mass is 19.4. The Labute approximate surface area is 281 Å². The summed E-state index contributed by atoms with van der Waals surface area (Å²) >= 11 is 0. The molecule has 0 saturated carbocycles. The standard InChI is InChI=1S/C38H37F5N4O2/c1-3-45(4-2)21-22-46(24-27-9-13-28(14-10-27)29-15-17-30(18-16-29)38(41,42)43)36(48)25-47-34-8-6-5-7-31(34)37(49)44-35(47)20-12-26-11-19-32(39)33(40)23-26/h5-11,13-19,23H,3-4,12,20-22,24-25H2,1-2H3. The molecule has 0 radical (unpaired) electrons. The summed E-state index contributed by atoms with van der Waals surface area (Å²) in [5, 5.41) is 0.362. The van der Waals surface area contributed by atoms with Crippen molar-refractivity contribution in [3.8, 4) is 11.1 Å². The van der Waals surface area contributed by atoms with Crippen LogP contribution in [-0.2, 0) is 36.9 Å². The van der Waals surface area contributed by atoms with Crippen molar-refractivity contribution in [2.24, 2.45) is 0 Å². The van der Waals surface area contributed by atoms with Gasteiger partial charge in [-0.2, -0.15) is 18.2 Å². The van der Waals surface area contributed by atoms with Crippen LogP contribution in [0.5, 0.6) is 0 Å². The first-order chi connectivity index (χ1) is 23.5. The van der Waals surface area contributed by atoms with E-state index in [2.05, 4.69) is 9.88 Å². The van der Waals surface area contributed by atoms with Gasteiger partial charge in [-0.3, -0.25) is 9.59 Å². The van der Waals surface area contributed by atoms with Crippen LogP contribution in [0.25, 0.3) is 22.0 Å². The lowest BCUT2D eigenvalue weighted by Crippen LogP contribution is -2.40. The van der Waals surface area contributed by atoms with Crippen molar-refractivity contribution in [3.63, 3.8) is 0 Å². The van der Waals surface area contributed by atoms with Crippen molar-refractivity contribution < 1.29 is 26.7 Å². The number of aryl methyl sites for hydroxylation is 2. The summed E-state index contributed by atoms with van der Waals surface area (Å²) in [6.45, 7) is 6.95. The zero-order chi connectivity index (χ0) is 35.1. The van der Waals surface area contributed by atoms with Gasteiger partial charge in [0.15, 0.2) is 11.6 Å². The van der Waals surface area contributed by atoms with Gasteiger partial charge in [0.05, 0.1) is 16.5 Å². The number of carbonyl (C=O) groups is 1. The van der Waals surface area contributed by atoms with Gasteiger partial charge in [-0.05, 0) is 78.2 Å². The number of likely N-dealkylation sites (N-methyl/N-ethyl adjacent to an activating group) is 1. The topological polar surface area (TPSA) is 58.4 Å². The van der Waals surface area contributed by atoms with Crippen molar-refractivity contribution >= 4 is 16.8 Å². The zero-order valence-electron chi connectivity index (χ0n) is 27.3. The Bertz CT molecular complexity index is 1950. The molecule has 0 aliphatic heterocycles. The molecule has 0 aliphatic carbocycles. The number of carbonyl (C=O) groups excluding carboxylic acids is 1. The number of nitrogens with zero attached hydrogens (tertiary/aromatic N) is 4. The maximum absolute atomic E-state index is 14.1. The van der Waals surface area contributed by atoms with Crippen molar-refractivity contribution in [3.05, 3.63) is 135 Å². The van der Waals surface area contributed by atoms with E-state index in [1.165, 1.54) is 18.2 Å². The molecule has 49 heavy (non-hydrogen) atoms. The van der Waals surface area contributed by atoms with E-state index >= 15 is 0 Å². The smallest absolute Gasteiger partial charge is 0.336 e. The fourth-order valence-electron chi connectivity index (χ4n) is 5.79. The third-order valence-electron chi connectivity index (χ3n) is 8.69. The van der Waals surface area contributed by atoms with Crippen LogP contribution < -0.4 is 5.56 Å². The molecule has 0 fully saturated rings. The third kappa shape index (κ3) is 8.77. The molecule has 11 heteroatoms. The van der Waals surface area contributed by atoms with Gasteiger partial charge >= 0.3 is 6.18 Å². The van der Waals surface area contributed by atoms with Crippen molar-refractivity contribution in [1.82, 2.24) is 19.4 Å². The lowest BCUT2D eigenvalue weighted by molar-refractivity contribution is -0.137. The minimum absolute atomic E-state index is 0.108. The Morgan fingerprint density at radius 1 is 0.776 bits per heavy atom. The summed E-state index contributed by atoms with van der Waals surface area (Å²) in [5.41, 5.74) is 2.14. The largest absolute Gasteiger partial charge is 0.416 e. The van der Waals surface area contributed by atoms with Gasteiger partial charge in [0, 0.05) is 26.1 Å². The summed E-state index contributed by atoms with van der Waals surface area (Å²) in [4.78, 5) is 35.4. The van der Waals surface area contributed by atoms with E-state index in [9.17, 15) is 31.5 Å². The van der Waals surface area contributed by atoms with Crippen molar-refractivity contribution in [2.75, 3.05) is 26.2 Å². The van der Waals surface area contributed by atoms with Crippen LogP contribution in [0, 0.1) is 11.6 Å². The van der Waals surface area contributed by atoms with Crippen LogP contribution in [0.15, 0.2) is 95.8 Å². The van der Waals surface area contributed by atoms with Gasteiger partial charge in [0.25, 0.3) is 5.56 Å². The summed E-state index contributed by atoms with van der Waals surface area (Å²) in [5.74, 6) is -1.77. The lowest BCUT2D eigenvalue weighted by Gasteiger charge is -2.28. The monoisotopic (exact) mass is 676 g/mol. The number of hydrogen-bond acceptors (Lipinski definition) is 4. The van der Waals surface area contributed by atoms with Gasteiger partial charge in [0.1, 0.15) is 12.4 Å². The first-order valence-corrected chi connectivity index (χ1v) is 16.2. The maximum Gasteiger partial charge on any atom is 0.416 e. The minimum Gasteiger partial charge on any atom is -0.336 e. The Morgan fingerprint density at radius 2 is 1.41 bits per heavy atom. The quantitative estimate of drug-likeness (QED) is 0.121. The van der Waals surface area contributed by atoms with E-state index < -0.39 is 28.9 Å². The molecule has 6 nitrogen and oxygen atoms in total. The number of amides is 1. The molecule has 1 aromatic heterocycles. The fraction of sp³-hybridized carbons (Fsp3) is 0.289. The van der Waals surface area contributed by atoms with Gasteiger partial charge in [-0.15, -0.1) is 0 Å². The van der Waals surface area contributed by atoms with Gasteiger partial charge < -0.3 is 14.4 Å². The number of halogens is 5. The molecule has 0 saturated heterocycles. The Hall–Kier alpha value is -4.90. The average Bonchev–Trinajstić information content (AvgIpc) is 3.10. The molecule has 5 aromatic rings. The van der Waals surface area contributed by atoms with Crippen LogP contribution in [0.3, 0.4) is 0 Å².